The predicted octanol–water partition coefficient (Wildman–Crippen LogP) is 5.26. The number of benzene rings is 3. The molecule has 1 saturated heterocycles. The van der Waals surface area contributed by atoms with E-state index in [0.717, 1.165) is 16.7 Å². The molecular formula is C27H27ClN2O3S. The topological polar surface area (TPSA) is 66.5 Å². The fourth-order valence-corrected chi connectivity index (χ4v) is 5.56. The second-order valence-electron chi connectivity index (χ2n) is 8.34. The van der Waals surface area contributed by atoms with Crippen LogP contribution < -0.4 is 5.32 Å². The first-order chi connectivity index (χ1) is 16.4. The third-order valence-corrected chi connectivity index (χ3v) is 7.82. The number of nitrogens with one attached hydrogen (secondary N) is 1. The molecule has 1 unspecified atom stereocenters. The Hall–Kier alpha value is -2.93. The van der Waals surface area contributed by atoms with Crippen molar-refractivity contribution in [1.29, 1.82) is 0 Å². The zero-order valence-corrected chi connectivity index (χ0v) is 20.3. The van der Waals surface area contributed by atoms with Gasteiger partial charge >= 0.3 is 0 Å². The number of sulfonamides is 1. The molecule has 1 atom stereocenters. The molecule has 5 nitrogen and oxygen atoms in total. The molecule has 0 saturated carbocycles. The van der Waals surface area contributed by atoms with E-state index in [9.17, 15) is 13.2 Å². The normalized spacial score (nSPS) is 16.4. The maximum atomic E-state index is 13.2. The second kappa shape index (κ2) is 11.0. The Bertz CT molecular complexity index is 1240. The molecule has 7 heteroatoms. The van der Waals surface area contributed by atoms with Crippen LogP contribution in [0.1, 0.15) is 35.6 Å². The summed E-state index contributed by atoms with van der Waals surface area (Å²) in [6.07, 6.45) is 2.55. The summed E-state index contributed by atoms with van der Waals surface area (Å²) >= 11 is 6.20. The number of hydrogen-bond donors (Lipinski definition) is 1. The fraction of sp³-hybridized carbons (Fsp3) is 0.222. The Balaban J connectivity index is 1.41. The average Bonchev–Trinajstić information content (AvgIpc) is 2.87. The summed E-state index contributed by atoms with van der Waals surface area (Å²) in [6.45, 7) is 0.624. The Morgan fingerprint density at radius 2 is 1.53 bits per heavy atom. The largest absolute Gasteiger partial charge is 0.345 e. The number of rotatable bonds is 7. The SMILES string of the molecule is O=C(NC(c1ccccc1)c1cccc(Cl)c1)C1CCN(S(=O)(=O)/C=C/c2ccccc2)CC1. The maximum Gasteiger partial charge on any atom is 0.236 e. The van der Waals surface area contributed by atoms with E-state index in [1.165, 1.54) is 9.71 Å². The summed E-state index contributed by atoms with van der Waals surface area (Å²) in [7, 11) is -3.54. The molecule has 1 heterocycles. The van der Waals surface area contributed by atoms with Crippen molar-refractivity contribution in [3.8, 4) is 0 Å². The summed E-state index contributed by atoms with van der Waals surface area (Å²) in [5.41, 5.74) is 2.69. The van der Waals surface area contributed by atoms with Gasteiger partial charge in [-0.05, 0) is 47.7 Å². The van der Waals surface area contributed by atoms with Crippen LogP contribution in [0.3, 0.4) is 0 Å². The molecule has 1 fully saturated rings. The van der Waals surface area contributed by atoms with Crippen molar-refractivity contribution in [2.24, 2.45) is 5.92 Å². The molecule has 0 spiro atoms. The van der Waals surface area contributed by atoms with Gasteiger partial charge in [0, 0.05) is 29.4 Å². The minimum Gasteiger partial charge on any atom is -0.345 e. The van der Waals surface area contributed by atoms with Crippen LogP contribution in [0.15, 0.2) is 90.3 Å². The minimum absolute atomic E-state index is 0.0781. The molecule has 1 amide bonds. The van der Waals surface area contributed by atoms with E-state index in [0.29, 0.717) is 31.0 Å². The number of piperidine rings is 1. The number of amides is 1. The first kappa shape index (κ1) is 24.2. The highest BCUT2D eigenvalue weighted by Gasteiger charge is 2.31. The van der Waals surface area contributed by atoms with Gasteiger partial charge in [0.1, 0.15) is 0 Å². The lowest BCUT2D eigenvalue weighted by Crippen LogP contribution is -2.43. The maximum absolute atomic E-state index is 13.2. The van der Waals surface area contributed by atoms with Crippen molar-refractivity contribution in [3.63, 3.8) is 0 Å². The van der Waals surface area contributed by atoms with Gasteiger partial charge in [-0.25, -0.2) is 8.42 Å². The second-order valence-corrected chi connectivity index (χ2v) is 10.6. The summed E-state index contributed by atoms with van der Waals surface area (Å²) < 4.78 is 26.9. The molecule has 34 heavy (non-hydrogen) atoms. The molecular weight excluding hydrogens is 468 g/mol. The van der Waals surface area contributed by atoms with Gasteiger partial charge < -0.3 is 5.32 Å². The first-order valence-corrected chi connectivity index (χ1v) is 13.1. The molecule has 0 radical (unpaired) electrons. The molecule has 4 rings (SSSR count). The van der Waals surface area contributed by atoms with Crippen LogP contribution in [0, 0.1) is 5.92 Å². The minimum atomic E-state index is -3.54. The standard InChI is InChI=1S/C27H27ClN2O3S/c28-25-13-7-12-24(20-25)26(22-10-5-2-6-11-22)29-27(31)23-14-17-30(18-15-23)34(32,33)19-16-21-8-3-1-4-9-21/h1-13,16,19-20,23,26H,14-15,17-18H2,(H,29,31)/b19-16+. The quantitative estimate of drug-likeness (QED) is 0.487. The summed E-state index contributed by atoms with van der Waals surface area (Å²) in [5.74, 6) is -0.333. The van der Waals surface area contributed by atoms with Gasteiger partial charge in [-0.1, -0.05) is 84.4 Å². The average molecular weight is 495 g/mol. The Morgan fingerprint density at radius 1 is 0.912 bits per heavy atom. The zero-order valence-electron chi connectivity index (χ0n) is 18.7. The summed E-state index contributed by atoms with van der Waals surface area (Å²) in [4.78, 5) is 13.2. The molecule has 176 valence electrons. The summed E-state index contributed by atoms with van der Waals surface area (Å²) in [5, 5.41) is 5.02. The number of carbonyl (C=O) groups excluding carboxylic acids is 1. The van der Waals surface area contributed by atoms with Crippen LogP contribution in [0.2, 0.25) is 5.02 Å². The number of halogens is 1. The molecule has 3 aromatic rings. The van der Waals surface area contributed by atoms with Gasteiger partial charge in [-0.15, -0.1) is 0 Å². The highest BCUT2D eigenvalue weighted by molar-refractivity contribution is 7.92. The Morgan fingerprint density at radius 3 is 2.18 bits per heavy atom. The lowest BCUT2D eigenvalue weighted by Gasteiger charge is -2.31. The van der Waals surface area contributed by atoms with Gasteiger partial charge in [0.05, 0.1) is 6.04 Å². The Labute approximate surface area is 206 Å². The van der Waals surface area contributed by atoms with Gasteiger partial charge in [0.2, 0.25) is 15.9 Å². The molecule has 0 aromatic heterocycles. The van der Waals surface area contributed by atoms with Crippen LogP contribution in [0.25, 0.3) is 6.08 Å². The van der Waals surface area contributed by atoms with Gasteiger partial charge in [0.25, 0.3) is 0 Å². The van der Waals surface area contributed by atoms with Crippen LogP contribution >= 0.6 is 11.6 Å². The van der Waals surface area contributed by atoms with Crippen LogP contribution in [0.5, 0.6) is 0 Å². The van der Waals surface area contributed by atoms with E-state index >= 15 is 0 Å². The lowest BCUT2D eigenvalue weighted by atomic mass is 9.94. The highest BCUT2D eigenvalue weighted by Crippen LogP contribution is 2.27. The van der Waals surface area contributed by atoms with E-state index < -0.39 is 10.0 Å². The van der Waals surface area contributed by atoms with Gasteiger partial charge in [-0.3, -0.25) is 4.79 Å². The van der Waals surface area contributed by atoms with E-state index in [1.54, 1.807) is 12.1 Å². The van der Waals surface area contributed by atoms with Crippen molar-refractivity contribution in [2.45, 2.75) is 18.9 Å². The Kier molecular flexibility index (Phi) is 7.83. The van der Waals surface area contributed by atoms with E-state index in [1.807, 2.05) is 78.9 Å². The van der Waals surface area contributed by atoms with E-state index in [-0.39, 0.29) is 17.9 Å². The smallest absolute Gasteiger partial charge is 0.236 e. The van der Waals surface area contributed by atoms with Crippen molar-refractivity contribution < 1.29 is 13.2 Å². The van der Waals surface area contributed by atoms with Crippen molar-refractivity contribution in [1.82, 2.24) is 9.62 Å². The van der Waals surface area contributed by atoms with Crippen LogP contribution in [0.4, 0.5) is 0 Å². The van der Waals surface area contributed by atoms with Gasteiger partial charge in [0.15, 0.2) is 0 Å². The molecule has 3 aromatic carbocycles. The number of carbonyl (C=O) groups is 1. The fourth-order valence-electron chi connectivity index (χ4n) is 4.14. The van der Waals surface area contributed by atoms with Gasteiger partial charge in [-0.2, -0.15) is 4.31 Å². The summed E-state index contributed by atoms with van der Waals surface area (Å²) in [6, 6.07) is 26.2. The highest BCUT2D eigenvalue weighted by atomic mass is 35.5. The molecule has 1 N–H and O–H groups in total. The monoisotopic (exact) mass is 494 g/mol. The number of nitrogens with zero attached hydrogens (tertiary/aromatic N) is 1. The zero-order chi connectivity index (χ0) is 24.0. The van der Waals surface area contributed by atoms with Crippen LogP contribution in [-0.2, 0) is 14.8 Å². The van der Waals surface area contributed by atoms with Crippen molar-refractivity contribution >= 4 is 33.6 Å². The molecule has 0 bridgehead atoms. The first-order valence-electron chi connectivity index (χ1n) is 11.3. The van der Waals surface area contributed by atoms with Crippen LogP contribution in [-0.4, -0.2) is 31.7 Å². The van der Waals surface area contributed by atoms with Crippen molar-refractivity contribution in [2.75, 3.05) is 13.1 Å². The van der Waals surface area contributed by atoms with Crippen molar-refractivity contribution in [3.05, 3.63) is 112 Å². The third kappa shape index (κ3) is 6.14. The lowest BCUT2D eigenvalue weighted by molar-refractivity contribution is -0.126. The predicted molar refractivity (Wildman–Crippen MR) is 137 cm³/mol. The molecule has 0 aliphatic carbocycles. The third-order valence-electron chi connectivity index (χ3n) is 6.02. The number of hydrogen-bond acceptors (Lipinski definition) is 3. The van der Waals surface area contributed by atoms with E-state index in [4.69, 9.17) is 11.6 Å². The molecule has 1 aliphatic heterocycles. The molecule has 1 aliphatic rings. The van der Waals surface area contributed by atoms with E-state index in [2.05, 4.69) is 5.32 Å².